The molecule has 1 aromatic heterocycles. The van der Waals surface area contributed by atoms with Crippen LogP contribution in [-0.2, 0) is 0 Å². The fourth-order valence-electron chi connectivity index (χ4n) is 1.40. The van der Waals surface area contributed by atoms with Crippen LogP contribution in [0.3, 0.4) is 0 Å². The van der Waals surface area contributed by atoms with Crippen molar-refractivity contribution in [3.63, 3.8) is 0 Å². The number of anilines is 1. The Morgan fingerprint density at radius 1 is 1.60 bits per heavy atom. The quantitative estimate of drug-likeness (QED) is 0.878. The van der Waals surface area contributed by atoms with E-state index < -0.39 is 0 Å². The molecule has 1 heterocycles. The molecule has 0 spiro atoms. The van der Waals surface area contributed by atoms with Crippen molar-refractivity contribution in [1.29, 1.82) is 5.26 Å². The van der Waals surface area contributed by atoms with Crippen molar-refractivity contribution in [3.05, 3.63) is 10.0 Å². The average Bonchev–Trinajstić information content (AvgIpc) is 2.44. The predicted molar refractivity (Wildman–Crippen MR) is 64.4 cm³/mol. The third-order valence-electron chi connectivity index (χ3n) is 2.01. The molecule has 15 heavy (non-hydrogen) atoms. The highest BCUT2D eigenvalue weighted by molar-refractivity contribution is 7.16. The van der Waals surface area contributed by atoms with Gasteiger partial charge in [0.05, 0.1) is 0 Å². The summed E-state index contributed by atoms with van der Waals surface area (Å²) in [5.74, 6) is 0. The summed E-state index contributed by atoms with van der Waals surface area (Å²) in [6, 6.07) is 2.02. The highest BCUT2D eigenvalue weighted by Crippen LogP contribution is 2.29. The van der Waals surface area contributed by atoms with Crippen LogP contribution in [0.2, 0.25) is 5.15 Å². The van der Waals surface area contributed by atoms with Gasteiger partial charge in [0.15, 0.2) is 10.3 Å². The number of nitrogens with zero attached hydrogens (tertiary/aromatic N) is 2. The molecule has 0 aliphatic rings. The van der Waals surface area contributed by atoms with E-state index in [0.717, 1.165) is 18.0 Å². The molecule has 1 aromatic rings. The Labute approximate surface area is 99.1 Å². The molecule has 1 N–H and O–H groups in total. The summed E-state index contributed by atoms with van der Waals surface area (Å²) in [6.07, 6.45) is 2.15. The zero-order valence-corrected chi connectivity index (χ0v) is 10.7. The summed E-state index contributed by atoms with van der Waals surface area (Å²) in [6.45, 7) is 6.36. The van der Waals surface area contributed by atoms with E-state index in [1.807, 2.05) is 6.07 Å². The van der Waals surface area contributed by atoms with Gasteiger partial charge in [0, 0.05) is 5.54 Å². The fraction of sp³-hybridized carbons (Fsp3) is 0.600. The summed E-state index contributed by atoms with van der Waals surface area (Å²) >= 11 is 7.08. The summed E-state index contributed by atoms with van der Waals surface area (Å²) in [4.78, 5) is 4.56. The second kappa shape index (κ2) is 4.82. The van der Waals surface area contributed by atoms with Crippen LogP contribution in [0.5, 0.6) is 0 Å². The van der Waals surface area contributed by atoms with Gasteiger partial charge in [-0.15, -0.1) is 0 Å². The maximum absolute atomic E-state index is 8.74. The second-order valence-electron chi connectivity index (χ2n) is 4.01. The number of nitriles is 1. The largest absolute Gasteiger partial charge is 0.357 e. The SMILES string of the molecule is CCCC(C)(C)Nc1nc(Cl)c(C#N)s1. The first kappa shape index (κ1) is 12.3. The lowest BCUT2D eigenvalue weighted by Crippen LogP contribution is -2.30. The topological polar surface area (TPSA) is 48.7 Å². The van der Waals surface area contributed by atoms with Gasteiger partial charge in [0.1, 0.15) is 10.9 Å². The van der Waals surface area contributed by atoms with E-state index in [1.54, 1.807) is 0 Å². The van der Waals surface area contributed by atoms with Gasteiger partial charge < -0.3 is 5.32 Å². The Morgan fingerprint density at radius 2 is 2.27 bits per heavy atom. The van der Waals surface area contributed by atoms with E-state index in [0.29, 0.717) is 4.88 Å². The molecule has 5 heteroatoms. The van der Waals surface area contributed by atoms with Crippen LogP contribution >= 0.6 is 22.9 Å². The zero-order chi connectivity index (χ0) is 11.5. The lowest BCUT2D eigenvalue weighted by Gasteiger charge is -2.25. The van der Waals surface area contributed by atoms with Crippen molar-refractivity contribution in [1.82, 2.24) is 4.98 Å². The van der Waals surface area contributed by atoms with Gasteiger partial charge >= 0.3 is 0 Å². The van der Waals surface area contributed by atoms with E-state index in [2.05, 4.69) is 31.1 Å². The van der Waals surface area contributed by atoms with Gasteiger partial charge in [0.25, 0.3) is 0 Å². The Balaban J connectivity index is 2.77. The standard InChI is InChI=1S/C10H14ClN3S/c1-4-5-10(2,3)14-9-13-8(11)7(6-12)15-9/h4-5H2,1-3H3,(H,13,14). The summed E-state index contributed by atoms with van der Waals surface area (Å²) in [5.41, 5.74) is -0.0113. The molecule has 3 nitrogen and oxygen atoms in total. The minimum absolute atomic E-state index is 0.0113. The van der Waals surface area contributed by atoms with E-state index >= 15 is 0 Å². The third-order valence-corrected chi connectivity index (χ3v) is 3.27. The smallest absolute Gasteiger partial charge is 0.185 e. The summed E-state index contributed by atoms with van der Waals surface area (Å²) in [7, 11) is 0. The summed E-state index contributed by atoms with van der Waals surface area (Å²) in [5, 5.41) is 13.0. The lowest BCUT2D eigenvalue weighted by molar-refractivity contribution is 0.510. The van der Waals surface area contributed by atoms with Crippen LogP contribution in [0.1, 0.15) is 38.5 Å². The Morgan fingerprint density at radius 3 is 2.73 bits per heavy atom. The number of rotatable bonds is 4. The molecule has 0 saturated carbocycles. The van der Waals surface area contributed by atoms with Crippen molar-refractivity contribution >= 4 is 28.1 Å². The van der Waals surface area contributed by atoms with E-state index in [4.69, 9.17) is 16.9 Å². The molecule has 0 aliphatic carbocycles. The number of hydrogen-bond donors (Lipinski definition) is 1. The first-order valence-electron chi connectivity index (χ1n) is 4.83. The van der Waals surface area contributed by atoms with Gasteiger partial charge in [-0.25, -0.2) is 4.98 Å². The fourth-order valence-corrected chi connectivity index (χ4v) is 2.53. The number of hydrogen-bond acceptors (Lipinski definition) is 4. The number of halogens is 1. The molecule has 0 bridgehead atoms. The van der Waals surface area contributed by atoms with Crippen molar-refractivity contribution in [2.24, 2.45) is 0 Å². The maximum atomic E-state index is 8.74. The molecule has 82 valence electrons. The molecule has 0 atom stereocenters. The van der Waals surface area contributed by atoms with Crippen molar-refractivity contribution in [2.75, 3.05) is 5.32 Å². The minimum Gasteiger partial charge on any atom is -0.357 e. The molecule has 1 rings (SSSR count). The van der Waals surface area contributed by atoms with E-state index in [9.17, 15) is 0 Å². The minimum atomic E-state index is -0.0113. The van der Waals surface area contributed by atoms with Gasteiger partial charge in [-0.1, -0.05) is 36.3 Å². The third kappa shape index (κ3) is 3.37. The number of aromatic nitrogens is 1. The van der Waals surface area contributed by atoms with Gasteiger partial charge in [-0.3, -0.25) is 0 Å². The van der Waals surface area contributed by atoms with Gasteiger partial charge in [0.2, 0.25) is 0 Å². The lowest BCUT2D eigenvalue weighted by atomic mass is 10.00. The number of nitrogens with one attached hydrogen (secondary N) is 1. The predicted octanol–water partition coefficient (Wildman–Crippen LogP) is 3.66. The highest BCUT2D eigenvalue weighted by Gasteiger charge is 2.19. The molecule has 0 saturated heterocycles. The van der Waals surface area contributed by atoms with Crippen LogP contribution in [-0.4, -0.2) is 10.5 Å². The Bertz CT molecular complexity index is 379. The second-order valence-corrected chi connectivity index (χ2v) is 5.37. The molecule has 0 fully saturated rings. The van der Waals surface area contributed by atoms with E-state index in [1.165, 1.54) is 11.3 Å². The monoisotopic (exact) mass is 243 g/mol. The number of thiazole rings is 1. The van der Waals surface area contributed by atoms with E-state index in [-0.39, 0.29) is 10.7 Å². The van der Waals surface area contributed by atoms with Crippen LogP contribution in [0, 0.1) is 11.3 Å². The average molecular weight is 244 g/mol. The molecule has 0 unspecified atom stereocenters. The molecular formula is C10H14ClN3S. The molecule has 0 aromatic carbocycles. The first-order valence-corrected chi connectivity index (χ1v) is 6.02. The molecule has 0 aliphatic heterocycles. The Hall–Kier alpha value is -0.790. The first-order chi connectivity index (χ1) is 6.98. The Kier molecular flexibility index (Phi) is 3.95. The highest BCUT2D eigenvalue weighted by atomic mass is 35.5. The van der Waals surface area contributed by atoms with Crippen molar-refractivity contribution in [3.8, 4) is 6.07 Å². The van der Waals surface area contributed by atoms with Crippen LogP contribution in [0.15, 0.2) is 0 Å². The van der Waals surface area contributed by atoms with Gasteiger partial charge in [-0.2, -0.15) is 5.26 Å². The normalized spacial score (nSPS) is 11.1. The molecule has 0 amide bonds. The van der Waals surface area contributed by atoms with Crippen LogP contribution in [0.4, 0.5) is 5.13 Å². The molecule has 0 radical (unpaired) electrons. The van der Waals surface area contributed by atoms with Crippen molar-refractivity contribution < 1.29 is 0 Å². The zero-order valence-electron chi connectivity index (χ0n) is 9.09. The maximum Gasteiger partial charge on any atom is 0.185 e. The van der Waals surface area contributed by atoms with Crippen LogP contribution < -0.4 is 5.32 Å². The van der Waals surface area contributed by atoms with Crippen molar-refractivity contribution in [2.45, 2.75) is 39.2 Å². The van der Waals surface area contributed by atoms with Crippen LogP contribution in [0.25, 0.3) is 0 Å². The summed E-state index contributed by atoms with van der Waals surface area (Å²) < 4.78 is 0. The molecular weight excluding hydrogens is 230 g/mol. The van der Waals surface area contributed by atoms with Gasteiger partial charge in [-0.05, 0) is 20.3 Å².